The summed E-state index contributed by atoms with van der Waals surface area (Å²) < 4.78 is 13.0. The Morgan fingerprint density at radius 1 is 1.24 bits per heavy atom. The Kier molecular flexibility index (Phi) is 6.01. The summed E-state index contributed by atoms with van der Waals surface area (Å²) in [5.74, 6) is 0.633. The molecular weight excluding hydrogens is 380 g/mol. The Morgan fingerprint density at radius 3 is 2.24 bits per heavy atom. The quantitative estimate of drug-likeness (QED) is 0.459. The average molecular weight is 405 g/mol. The molecule has 5 heteroatoms. The van der Waals surface area contributed by atoms with Crippen molar-refractivity contribution in [1.82, 2.24) is 10.6 Å². The lowest BCUT2D eigenvalue weighted by atomic mass is 9.96. The molecule has 0 radical (unpaired) electrons. The Hall–Kier alpha value is -0.850. The summed E-state index contributed by atoms with van der Waals surface area (Å²) in [6.45, 7) is 7.14. The smallest absolute Gasteiger partial charge is 0.191 e. The Morgan fingerprint density at radius 2 is 1.81 bits per heavy atom. The third-order valence-electron chi connectivity index (χ3n) is 3.62. The number of hydrogen-bond acceptors (Lipinski definition) is 1. The van der Waals surface area contributed by atoms with Crippen molar-refractivity contribution in [2.45, 2.75) is 44.6 Å². The van der Waals surface area contributed by atoms with E-state index in [2.05, 4.69) is 36.4 Å². The molecule has 0 aromatic heterocycles. The highest BCUT2D eigenvalue weighted by Gasteiger charge is 2.44. The summed E-state index contributed by atoms with van der Waals surface area (Å²) in [6.07, 6.45) is 2.27. The number of rotatable bonds is 3. The average Bonchev–Trinajstić information content (AvgIpc) is 3.15. The lowest BCUT2D eigenvalue weighted by Gasteiger charge is -2.25. The standard InChI is InChI=1S/C16H24FN3.HI/c1-15(2,3)20-14(18-4)19-11-16(9-10-16)12-5-7-13(17)8-6-12;/h5-8H,9-11H2,1-4H3,(H2,18,19,20);1H. The van der Waals surface area contributed by atoms with E-state index in [4.69, 9.17) is 0 Å². The van der Waals surface area contributed by atoms with Gasteiger partial charge in [-0.15, -0.1) is 24.0 Å². The first-order chi connectivity index (χ1) is 9.35. The number of nitrogens with zero attached hydrogens (tertiary/aromatic N) is 1. The van der Waals surface area contributed by atoms with Crippen LogP contribution >= 0.6 is 24.0 Å². The lowest BCUT2D eigenvalue weighted by Crippen LogP contribution is -2.49. The zero-order chi connectivity index (χ0) is 14.8. The highest BCUT2D eigenvalue weighted by Crippen LogP contribution is 2.47. The molecule has 0 bridgehead atoms. The van der Waals surface area contributed by atoms with E-state index in [9.17, 15) is 4.39 Å². The molecular formula is C16H25FIN3. The van der Waals surface area contributed by atoms with E-state index >= 15 is 0 Å². The monoisotopic (exact) mass is 405 g/mol. The molecule has 0 heterocycles. The molecule has 0 amide bonds. The molecule has 1 fully saturated rings. The van der Waals surface area contributed by atoms with Gasteiger partial charge in [0, 0.05) is 24.5 Å². The molecule has 1 aliphatic rings. The number of aliphatic imine (C=N–C) groups is 1. The molecule has 21 heavy (non-hydrogen) atoms. The first-order valence-electron chi connectivity index (χ1n) is 7.10. The number of hydrogen-bond donors (Lipinski definition) is 2. The predicted octanol–water partition coefficient (Wildman–Crippen LogP) is 3.44. The Labute approximate surface area is 143 Å². The van der Waals surface area contributed by atoms with Gasteiger partial charge in [0.05, 0.1) is 0 Å². The fraction of sp³-hybridized carbons (Fsp3) is 0.562. The number of benzene rings is 1. The summed E-state index contributed by atoms with van der Waals surface area (Å²) in [5, 5.41) is 6.73. The summed E-state index contributed by atoms with van der Waals surface area (Å²) >= 11 is 0. The molecule has 3 nitrogen and oxygen atoms in total. The molecule has 118 valence electrons. The molecule has 1 aromatic rings. The number of guanidine groups is 1. The minimum absolute atomic E-state index is 0. The van der Waals surface area contributed by atoms with Crippen molar-refractivity contribution in [2.24, 2.45) is 4.99 Å². The van der Waals surface area contributed by atoms with Crippen LogP contribution in [-0.4, -0.2) is 25.1 Å². The minimum atomic E-state index is -0.178. The second kappa shape index (κ2) is 6.94. The van der Waals surface area contributed by atoms with Crippen LogP contribution in [0.4, 0.5) is 4.39 Å². The maximum Gasteiger partial charge on any atom is 0.191 e. The van der Waals surface area contributed by atoms with E-state index in [0.717, 1.165) is 25.3 Å². The molecule has 0 unspecified atom stereocenters. The zero-order valence-corrected chi connectivity index (χ0v) is 15.5. The van der Waals surface area contributed by atoms with Gasteiger partial charge < -0.3 is 10.6 Å². The maximum absolute atomic E-state index is 13.0. The van der Waals surface area contributed by atoms with E-state index < -0.39 is 0 Å². The van der Waals surface area contributed by atoms with Gasteiger partial charge >= 0.3 is 0 Å². The summed E-state index contributed by atoms with van der Waals surface area (Å²) in [7, 11) is 1.78. The van der Waals surface area contributed by atoms with Crippen molar-refractivity contribution in [3.63, 3.8) is 0 Å². The highest BCUT2D eigenvalue weighted by atomic mass is 127. The summed E-state index contributed by atoms with van der Waals surface area (Å²) in [4.78, 5) is 4.25. The van der Waals surface area contributed by atoms with Crippen LogP contribution in [0.25, 0.3) is 0 Å². The van der Waals surface area contributed by atoms with Gasteiger partial charge in [0.15, 0.2) is 5.96 Å². The second-order valence-electron chi connectivity index (χ2n) is 6.59. The van der Waals surface area contributed by atoms with Gasteiger partial charge in [0.2, 0.25) is 0 Å². The van der Waals surface area contributed by atoms with Gasteiger partial charge in [-0.3, -0.25) is 4.99 Å². The minimum Gasteiger partial charge on any atom is -0.356 e. The molecule has 2 rings (SSSR count). The van der Waals surface area contributed by atoms with Crippen molar-refractivity contribution in [3.05, 3.63) is 35.6 Å². The maximum atomic E-state index is 13.0. The zero-order valence-electron chi connectivity index (χ0n) is 13.2. The van der Waals surface area contributed by atoms with Crippen molar-refractivity contribution in [1.29, 1.82) is 0 Å². The van der Waals surface area contributed by atoms with Crippen LogP contribution in [0.15, 0.2) is 29.3 Å². The predicted molar refractivity (Wildman–Crippen MR) is 97.0 cm³/mol. The number of nitrogens with one attached hydrogen (secondary N) is 2. The largest absolute Gasteiger partial charge is 0.356 e. The fourth-order valence-corrected chi connectivity index (χ4v) is 2.31. The van der Waals surface area contributed by atoms with Crippen LogP contribution in [0.3, 0.4) is 0 Å². The molecule has 1 aliphatic carbocycles. The lowest BCUT2D eigenvalue weighted by molar-refractivity contribution is 0.497. The van der Waals surface area contributed by atoms with Crippen LogP contribution in [0.5, 0.6) is 0 Å². The molecule has 1 saturated carbocycles. The second-order valence-corrected chi connectivity index (χ2v) is 6.59. The fourth-order valence-electron chi connectivity index (χ4n) is 2.31. The van der Waals surface area contributed by atoms with E-state index in [-0.39, 0.29) is 40.7 Å². The van der Waals surface area contributed by atoms with E-state index in [1.54, 1.807) is 7.05 Å². The van der Waals surface area contributed by atoms with Crippen LogP contribution in [0.2, 0.25) is 0 Å². The third-order valence-corrected chi connectivity index (χ3v) is 3.62. The van der Waals surface area contributed by atoms with Gasteiger partial charge in [0.1, 0.15) is 5.82 Å². The summed E-state index contributed by atoms with van der Waals surface area (Å²) in [6, 6.07) is 6.86. The van der Waals surface area contributed by atoms with Crippen LogP contribution in [-0.2, 0) is 5.41 Å². The molecule has 0 saturated heterocycles. The highest BCUT2D eigenvalue weighted by molar-refractivity contribution is 14.0. The number of halogens is 2. The van der Waals surface area contributed by atoms with Gasteiger partial charge in [-0.1, -0.05) is 12.1 Å². The SMILES string of the molecule is CN=C(NCC1(c2ccc(F)cc2)CC1)NC(C)(C)C.I. The Bertz CT molecular complexity index is 487. The van der Waals surface area contributed by atoms with Gasteiger partial charge in [-0.25, -0.2) is 4.39 Å². The molecule has 0 atom stereocenters. The van der Waals surface area contributed by atoms with Crippen LogP contribution in [0.1, 0.15) is 39.2 Å². The van der Waals surface area contributed by atoms with Gasteiger partial charge in [0.25, 0.3) is 0 Å². The Balaban J connectivity index is 0.00000220. The van der Waals surface area contributed by atoms with E-state index in [1.165, 1.54) is 17.7 Å². The molecule has 2 N–H and O–H groups in total. The van der Waals surface area contributed by atoms with E-state index in [0.29, 0.717) is 0 Å². The molecule has 0 aliphatic heterocycles. The molecule has 0 spiro atoms. The van der Waals surface area contributed by atoms with Gasteiger partial charge in [-0.2, -0.15) is 0 Å². The van der Waals surface area contributed by atoms with Crippen molar-refractivity contribution >= 4 is 29.9 Å². The van der Waals surface area contributed by atoms with Crippen LogP contribution in [0, 0.1) is 5.82 Å². The first kappa shape index (κ1) is 18.2. The molecule has 1 aromatic carbocycles. The van der Waals surface area contributed by atoms with Crippen molar-refractivity contribution in [3.8, 4) is 0 Å². The van der Waals surface area contributed by atoms with Gasteiger partial charge in [-0.05, 0) is 51.3 Å². The first-order valence-corrected chi connectivity index (χ1v) is 7.10. The summed E-state index contributed by atoms with van der Waals surface area (Å²) in [5.41, 5.74) is 1.33. The topological polar surface area (TPSA) is 36.4 Å². The van der Waals surface area contributed by atoms with Crippen molar-refractivity contribution in [2.75, 3.05) is 13.6 Å². The normalized spacial score (nSPS) is 16.9. The van der Waals surface area contributed by atoms with Crippen LogP contribution < -0.4 is 10.6 Å². The van der Waals surface area contributed by atoms with Crippen molar-refractivity contribution < 1.29 is 4.39 Å². The van der Waals surface area contributed by atoms with E-state index in [1.807, 2.05) is 12.1 Å². The third kappa shape index (κ3) is 5.13.